The Kier molecular flexibility index (Phi) is 6.21. The highest BCUT2D eigenvalue weighted by molar-refractivity contribution is 6.01. The van der Waals surface area contributed by atoms with Gasteiger partial charge in [0.25, 0.3) is 0 Å². The Hall–Kier alpha value is -1.59. The lowest BCUT2D eigenvalue weighted by Gasteiger charge is -2.14. The zero-order chi connectivity index (χ0) is 15.9. The number of carbonyl (C=O) groups excluding carboxylic acids is 3. The van der Waals surface area contributed by atoms with Crippen LogP contribution in [0.4, 0.5) is 4.79 Å². The van der Waals surface area contributed by atoms with Crippen LogP contribution in [0.3, 0.4) is 0 Å². The summed E-state index contributed by atoms with van der Waals surface area (Å²) in [5.41, 5.74) is 0. The van der Waals surface area contributed by atoms with E-state index in [0.29, 0.717) is 19.4 Å². The van der Waals surface area contributed by atoms with E-state index >= 15 is 0 Å². The summed E-state index contributed by atoms with van der Waals surface area (Å²) < 4.78 is 0. The molecule has 0 aromatic carbocycles. The maximum Gasteiger partial charge on any atom is 0.326 e. The molecule has 0 aromatic rings. The highest BCUT2D eigenvalue weighted by Crippen LogP contribution is 2.28. The summed E-state index contributed by atoms with van der Waals surface area (Å²) in [6, 6.07) is -0.262. The molecule has 6 nitrogen and oxygen atoms in total. The maximum atomic E-state index is 11.7. The summed E-state index contributed by atoms with van der Waals surface area (Å²) in [6.07, 6.45) is 8.57. The van der Waals surface area contributed by atoms with E-state index in [0.717, 1.165) is 18.9 Å². The Labute approximate surface area is 132 Å². The molecule has 2 fully saturated rings. The molecule has 0 unspecified atom stereocenters. The number of hydrogen-bond donors (Lipinski definition) is 1. The summed E-state index contributed by atoms with van der Waals surface area (Å²) in [4.78, 5) is 37.6. The number of imide groups is 1. The van der Waals surface area contributed by atoms with Crippen LogP contribution in [-0.2, 0) is 9.59 Å². The molecule has 1 aliphatic carbocycles. The van der Waals surface area contributed by atoms with Crippen LogP contribution in [0.1, 0.15) is 51.4 Å². The minimum atomic E-state index is -0.262. The number of carbonyl (C=O) groups is 3. The van der Waals surface area contributed by atoms with Crippen molar-refractivity contribution in [3.8, 4) is 0 Å². The van der Waals surface area contributed by atoms with Crippen molar-refractivity contribution in [2.75, 3.05) is 26.7 Å². The molecule has 2 aliphatic rings. The van der Waals surface area contributed by atoms with Crippen molar-refractivity contribution >= 4 is 17.8 Å². The molecule has 4 amide bonds. The van der Waals surface area contributed by atoms with Crippen molar-refractivity contribution in [3.05, 3.63) is 0 Å². The fraction of sp³-hybridized carbons (Fsp3) is 0.812. The van der Waals surface area contributed by atoms with Gasteiger partial charge in [-0.25, -0.2) is 4.79 Å². The number of hydrogen-bond acceptors (Lipinski definition) is 3. The molecule has 22 heavy (non-hydrogen) atoms. The third kappa shape index (κ3) is 4.71. The first-order valence-electron chi connectivity index (χ1n) is 8.40. The highest BCUT2D eigenvalue weighted by atomic mass is 16.2. The number of urea groups is 1. The summed E-state index contributed by atoms with van der Waals surface area (Å²) >= 11 is 0. The first-order chi connectivity index (χ1) is 10.6. The topological polar surface area (TPSA) is 69.7 Å². The van der Waals surface area contributed by atoms with Gasteiger partial charge >= 0.3 is 6.03 Å². The van der Waals surface area contributed by atoms with E-state index in [9.17, 15) is 14.4 Å². The molecule has 1 saturated heterocycles. The van der Waals surface area contributed by atoms with Crippen LogP contribution in [0.15, 0.2) is 0 Å². The normalized spacial score (nSPS) is 19.3. The van der Waals surface area contributed by atoms with Crippen molar-refractivity contribution < 1.29 is 14.4 Å². The molecule has 1 heterocycles. The number of nitrogens with one attached hydrogen (secondary N) is 1. The Morgan fingerprint density at radius 2 is 1.95 bits per heavy atom. The quantitative estimate of drug-likeness (QED) is 0.548. The fourth-order valence-corrected chi connectivity index (χ4v) is 3.29. The Balaban J connectivity index is 1.52. The molecule has 0 radical (unpaired) electrons. The second kappa shape index (κ2) is 8.15. The van der Waals surface area contributed by atoms with E-state index in [2.05, 4.69) is 5.32 Å². The molecule has 0 aromatic heterocycles. The minimum Gasteiger partial charge on any atom is -0.356 e. The summed E-state index contributed by atoms with van der Waals surface area (Å²) in [5, 5.41) is 2.93. The molecule has 1 saturated carbocycles. The van der Waals surface area contributed by atoms with E-state index in [1.807, 2.05) is 0 Å². The van der Waals surface area contributed by atoms with Gasteiger partial charge in [0.2, 0.25) is 11.8 Å². The van der Waals surface area contributed by atoms with E-state index in [1.165, 1.54) is 41.9 Å². The summed E-state index contributed by atoms with van der Waals surface area (Å²) in [6.45, 7) is 1.21. The second-order valence-corrected chi connectivity index (χ2v) is 6.43. The summed E-state index contributed by atoms with van der Waals surface area (Å²) in [5.74, 6) is 0.699. The molecule has 1 aliphatic heterocycles. The number of nitrogens with zero attached hydrogens (tertiary/aromatic N) is 2. The monoisotopic (exact) mass is 309 g/mol. The van der Waals surface area contributed by atoms with Gasteiger partial charge in [0, 0.05) is 26.6 Å². The molecule has 2 rings (SSSR count). The van der Waals surface area contributed by atoms with Crippen molar-refractivity contribution in [3.63, 3.8) is 0 Å². The molecule has 0 bridgehead atoms. The predicted molar refractivity (Wildman–Crippen MR) is 83.2 cm³/mol. The molecule has 6 heteroatoms. The van der Waals surface area contributed by atoms with Gasteiger partial charge in [0.1, 0.15) is 6.54 Å². The SMILES string of the molecule is CN1CC(=O)N(CCCC(=O)NCCCC2CCCC2)C1=O. The van der Waals surface area contributed by atoms with E-state index in [1.54, 1.807) is 7.05 Å². The van der Waals surface area contributed by atoms with Gasteiger partial charge in [-0.15, -0.1) is 0 Å². The lowest BCUT2D eigenvalue weighted by Crippen LogP contribution is -2.33. The van der Waals surface area contributed by atoms with Gasteiger partial charge in [-0.1, -0.05) is 25.7 Å². The molecular formula is C16H27N3O3. The molecule has 124 valence electrons. The van der Waals surface area contributed by atoms with Crippen molar-refractivity contribution in [2.45, 2.75) is 51.4 Å². The molecule has 0 spiro atoms. The van der Waals surface area contributed by atoms with Gasteiger partial charge in [-0.3, -0.25) is 14.5 Å². The Morgan fingerprint density at radius 3 is 2.59 bits per heavy atom. The first kappa shape index (κ1) is 16.8. The highest BCUT2D eigenvalue weighted by Gasteiger charge is 2.32. The zero-order valence-corrected chi connectivity index (χ0v) is 13.5. The van der Waals surface area contributed by atoms with Crippen LogP contribution in [0.25, 0.3) is 0 Å². The molecular weight excluding hydrogens is 282 g/mol. The first-order valence-corrected chi connectivity index (χ1v) is 8.40. The number of amides is 4. The standard InChI is InChI=1S/C16H27N3O3/c1-18-12-15(21)19(16(18)22)11-5-9-14(20)17-10-4-8-13-6-2-3-7-13/h13H,2-12H2,1H3,(H,17,20). The number of rotatable bonds is 8. The average molecular weight is 309 g/mol. The third-order valence-electron chi connectivity index (χ3n) is 4.60. The molecule has 1 N–H and O–H groups in total. The van der Waals surface area contributed by atoms with Crippen molar-refractivity contribution in [1.82, 2.24) is 15.1 Å². The second-order valence-electron chi connectivity index (χ2n) is 6.43. The predicted octanol–water partition coefficient (Wildman–Crippen LogP) is 1.75. The smallest absolute Gasteiger partial charge is 0.326 e. The average Bonchev–Trinajstić information content (AvgIpc) is 3.07. The Bertz CT molecular complexity index is 419. The largest absolute Gasteiger partial charge is 0.356 e. The lowest BCUT2D eigenvalue weighted by molar-refractivity contribution is -0.126. The summed E-state index contributed by atoms with van der Waals surface area (Å²) in [7, 11) is 1.61. The van der Waals surface area contributed by atoms with Crippen LogP contribution in [0.2, 0.25) is 0 Å². The van der Waals surface area contributed by atoms with E-state index in [4.69, 9.17) is 0 Å². The van der Waals surface area contributed by atoms with Gasteiger partial charge in [0.05, 0.1) is 0 Å². The third-order valence-corrected chi connectivity index (χ3v) is 4.60. The van der Waals surface area contributed by atoms with E-state index in [-0.39, 0.29) is 24.4 Å². The van der Waals surface area contributed by atoms with Crippen molar-refractivity contribution in [2.24, 2.45) is 5.92 Å². The van der Waals surface area contributed by atoms with Crippen LogP contribution in [0.5, 0.6) is 0 Å². The van der Waals surface area contributed by atoms with Gasteiger partial charge in [-0.05, 0) is 25.2 Å². The lowest BCUT2D eigenvalue weighted by atomic mass is 10.0. The van der Waals surface area contributed by atoms with Crippen LogP contribution >= 0.6 is 0 Å². The van der Waals surface area contributed by atoms with E-state index < -0.39 is 0 Å². The maximum absolute atomic E-state index is 11.7. The Morgan fingerprint density at radius 1 is 1.23 bits per heavy atom. The van der Waals surface area contributed by atoms with Crippen LogP contribution in [0, 0.1) is 5.92 Å². The van der Waals surface area contributed by atoms with Gasteiger partial charge < -0.3 is 10.2 Å². The minimum absolute atomic E-state index is 0.0128. The van der Waals surface area contributed by atoms with Gasteiger partial charge in [0.15, 0.2) is 0 Å². The van der Waals surface area contributed by atoms with Crippen molar-refractivity contribution in [1.29, 1.82) is 0 Å². The van der Waals surface area contributed by atoms with Gasteiger partial charge in [-0.2, -0.15) is 0 Å². The van der Waals surface area contributed by atoms with Crippen LogP contribution < -0.4 is 5.32 Å². The number of likely N-dealkylation sites (N-methyl/N-ethyl adjacent to an activating group) is 1. The molecule has 0 atom stereocenters. The fourth-order valence-electron chi connectivity index (χ4n) is 3.29. The zero-order valence-electron chi connectivity index (χ0n) is 13.5. The van der Waals surface area contributed by atoms with Crippen LogP contribution in [-0.4, -0.2) is 54.3 Å².